The number of rotatable bonds is 2. The van der Waals surface area contributed by atoms with Crippen LogP contribution in [0.3, 0.4) is 0 Å². The zero-order valence-electron chi connectivity index (χ0n) is 10.9. The highest BCUT2D eigenvalue weighted by molar-refractivity contribution is 7.90. The molecule has 0 N–H and O–H groups in total. The summed E-state index contributed by atoms with van der Waals surface area (Å²) in [4.78, 5) is 11.9. The van der Waals surface area contributed by atoms with Crippen molar-refractivity contribution in [3.63, 3.8) is 0 Å². The fourth-order valence-electron chi connectivity index (χ4n) is 2.15. The van der Waals surface area contributed by atoms with Gasteiger partial charge in [0, 0.05) is 5.02 Å². The molecular formula is C12H10ClN3O4S. The van der Waals surface area contributed by atoms with Gasteiger partial charge in [-0.3, -0.25) is 0 Å². The summed E-state index contributed by atoms with van der Waals surface area (Å²) in [5, 5.41) is 7.91. The maximum atomic E-state index is 12.3. The first kappa shape index (κ1) is 14.0. The predicted molar refractivity (Wildman–Crippen MR) is 73.2 cm³/mol. The van der Waals surface area contributed by atoms with Crippen LogP contribution in [0.5, 0.6) is 0 Å². The number of esters is 1. The normalized spacial score (nSPS) is 15.1. The minimum atomic E-state index is -3.61. The van der Waals surface area contributed by atoms with Crippen molar-refractivity contribution in [3.8, 4) is 5.69 Å². The number of nitrogens with zero attached hydrogens (tertiary/aromatic N) is 3. The number of halogens is 1. The van der Waals surface area contributed by atoms with E-state index in [2.05, 4.69) is 10.3 Å². The van der Waals surface area contributed by atoms with Gasteiger partial charge in [-0.1, -0.05) is 16.8 Å². The van der Waals surface area contributed by atoms with Gasteiger partial charge in [-0.05, 0) is 25.1 Å². The molecule has 3 rings (SSSR count). The van der Waals surface area contributed by atoms with Gasteiger partial charge in [-0.25, -0.2) is 17.9 Å². The van der Waals surface area contributed by atoms with Gasteiger partial charge in [0.2, 0.25) is 0 Å². The van der Waals surface area contributed by atoms with E-state index in [1.54, 1.807) is 13.0 Å². The lowest BCUT2D eigenvalue weighted by molar-refractivity contribution is 0.0518. The molecular weight excluding hydrogens is 318 g/mol. The summed E-state index contributed by atoms with van der Waals surface area (Å²) in [5.41, 5.74) is 0.438. The lowest BCUT2D eigenvalue weighted by Crippen LogP contribution is -2.21. The van der Waals surface area contributed by atoms with Gasteiger partial charge < -0.3 is 4.74 Å². The number of sulfone groups is 1. The molecule has 0 fully saturated rings. The van der Waals surface area contributed by atoms with Gasteiger partial charge in [0.15, 0.2) is 15.5 Å². The third kappa shape index (κ3) is 2.20. The van der Waals surface area contributed by atoms with Gasteiger partial charge in [0.1, 0.15) is 0 Å². The van der Waals surface area contributed by atoms with Crippen LogP contribution in [0.1, 0.15) is 23.1 Å². The Morgan fingerprint density at radius 2 is 2.24 bits per heavy atom. The maximum Gasteiger partial charge on any atom is 0.360 e. The summed E-state index contributed by atoms with van der Waals surface area (Å²) in [5.74, 6) is -1.06. The molecule has 110 valence electrons. The molecule has 0 bridgehead atoms. The summed E-state index contributed by atoms with van der Waals surface area (Å²) in [6, 6.07) is 4.44. The van der Waals surface area contributed by atoms with Gasteiger partial charge in [-0.2, -0.15) is 0 Å². The maximum absolute atomic E-state index is 12.3. The van der Waals surface area contributed by atoms with Gasteiger partial charge in [0.25, 0.3) is 0 Å². The smallest absolute Gasteiger partial charge is 0.360 e. The van der Waals surface area contributed by atoms with Crippen molar-refractivity contribution < 1.29 is 17.9 Å². The molecule has 9 heteroatoms. The monoisotopic (exact) mass is 327 g/mol. The van der Waals surface area contributed by atoms with Gasteiger partial charge in [0.05, 0.1) is 28.6 Å². The molecule has 2 aromatic rings. The molecule has 0 spiro atoms. The van der Waals surface area contributed by atoms with E-state index in [4.69, 9.17) is 16.3 Å². The topological polar surface area (TPSA) is 91.2 Å². The number of carbonyl (C=O) groups excluding carboxylic acids is 1. The van der Waals surface area contributed by atoms with Crippen molar-refractivity contribution in [3.05, 3.63) is 34.6 Å². The zero-order chi connectivity index (χ0) is 15.2. The first-order valence-electron chi connectivity index (χ1n) is 6.08. The number of benzene rings is 1. The summed E-state index contributed by atoms with van der Waals surface area (Å²) in [7, 11) is -3.61. The standard InChI is InChI=1S/C12H10ClN3O4S/c1-2-20-12(17)11-9-6-21(18,19)10-5-7(13)3-4-8(10)16(9)15-14-11/h3-5H,2,6H2,1H3. The Kier molecular flexibility index (Phi) is 3.22. The highest BCUT2D eigenvalue weighted by atomic mass is 35.5. The first-order valence-corrected chi connectivity index (χ1v) is 8.11. The Bertz CT molecular complexity index is 844. The second kappa shape index (κ2) is 4.81. The van der Waals surface area contributed by atoms with E-state index in [0.717, 1.165) is 0 Å². The molecule has 0 saturated carbocycles. The van der Waals surface area contributed by atoms with E-state index < -0.39 is 15.8 Å². The van der Waals surface area contributed by atoms with Crippen LogP contribution in [0.2, 0.25) is 5.02 Å². The number of fused-ring (bicyclic) bond motifs is 3. The lowest BCUT2D eigenvalue weighted by atomic mass is 10.3. The second-order valence-corrected chi connectivity index (χ2v) is 6.78. The average Bonchev–Trinajstić information content (AvgIpc) is 2.82. The minimum absolute atomic E-state index is 0.0720. The van der Waals surface area contributed by atoms with Crippen LogP contribution in [0, 0.1) is 0 Å². The molecule has 0 aliphatic carbocycles. The van der Waals surface area contributed by atoms with E-state index in [1.807, 2.05) is 0 Å². The first-order chi connectivity index (χ1) is 9.94. The van der Waals surface area contributed by atoms with Crippen LogP contribution in [0.4, 0.5) is 0 Å². The lowest BCUT2D eigenvalue weighted by Gasteiger charge is -2.18. The SMILES string of the molecule is CCOC(=O)c1nnn2c1CS(=O)(=O)c1cc(Cl)ccc1-2. The van der Waals surface area contributed by atoms with Crippen molar-refractivity contribution in [1.82, 2.24) is 15.0 Å². The highest BCUT2D eigenvalue weighted by Gasteiger charge is 2.34. The highest BCUT2D eigenvalue weighted by Crippen LogP contribution is 2.32. The van der Waals surface area contributed by atoms with Crippen LogP contribution in [-0.4, -0.2) is 36.0 Å². The second-order valence-electron chi connectivity index (χ2n) is 4.39. The summed E-state index contributed by atoms with van der Waals surface area (Å²) >= 11 is 5.84. The predicted octanol–water partition coefficient (Wildman–Crippen LogP) is 1.38. The third-order valence-corrected chi connectivity index (χ3v) is 4.93. The Morgan fingerprint density at radius 1 is 1.48 bits per heavy atom. The molecule has 2 heterocycles. The number of hydrogen-bond donors (Lipinski definition) is 0. The van der Waals surface area contributed by atoms with E-state index in [-0.39, 0.29) is 28.6 Å². The van der Waals surface area contributed by atoms with Crippen molar-refractivity contribution >= 4 is 27.4 Å². The summed E-state index contributed by atoms with van der Waals surface area (Å²) in [6.45, 7) is 1.83. The molecule has 21 heavy (non-hydrogen) atoms. The molecule has 0 amide bonds. The van der Waals surface area contributed by atoms with Crippen molar-refractivity contribution in [1.29, 1.82) is 0 Å². The van der Waals surface area contributed by atoms with E-state index in [9.17, 15) is 13.2 Å². The van der Waals surface area contributed by atoms with Crippen molar-refractivity contribution in [2.75, 3.05) is 6.61 Å². The average molecular weight is 328 g/mol. The molecule has 1 aliphatic rings. The number of aromatic nitrogens is 3. The van der Waals surface area contributed by atoms with Crippen LogP contribution in [0.25, 0.3) is 5.69 Å². The fraction of sp³-hybridized carbons (Fsp3) is 0.250. The Labute approximate surface area is 125 Å². The van der Waals surface area contributed by atoms with E-state index in [1.165, 1.54) is 16.8 Å². The van der Waals surface area contributed by atoms with Crippen molar-refractivity contribution in [2.45, 2.75) is 17.6 Å². The Hall–Kier alpha value is -1.93. The number of hydrogen-bond acceptors (Lipinski definition) is 6. The molecule has 1 aromatic carbocycles. The third-order valence-electron chi connectivity index (χ3n) is 3.04. The molecule has 0 saturated heterocycles. The van der Waals surface area contributed by atoms with Crippen molar-refractivity contribution in [2.24, 2.45) is 0 Å². The largest absolute Gasteiger partial charge is 0.461 e. The quantitative estimate of drug-likeness (QED) is 0.774. The van der Waals surface area contributed by atoms with Crippen LogP contribution >= 0.6 is 11.6 Å². The Morgan fingerprint density at radius 3 is 2.95 bits per heavy atom. The van der Waals surface area contributed by atoms with Crippen LogP contribution in [0.15, 0.2) is 23.1 Å². The molecule has 1 aliphatic heterocycles. The summed E-state index contributed by atoms with van der Waals surface area (Å²) in [6.07, 6.45) is 0. The molecule has 7 nitrogen and oxygen atoms in total. The van der Waals surface area contributed by atoms with Crippen LogP contribution in [-0.2, 0) is 20.3 Å². The zero-order valence-corrected chi connectivity index (χ0v) is 12.5. The minimum Gasteiger partial charge on any atom is -0.461 e. The molecule has 0 radical (unpaired) electrons. The Balaban J connectivity index is 2.22. The number of carbonyl (C=O) groups is 1. The van der Waals surface area contributed by atoms with E-state index in [0.29, 0.717) is 10.7 Å². The fourth-order valence-corrected chi connectivity index (χ4v) is 3.94. The molecule has 1 aromatic heterocycles. The van der Waals surface area contributed by atoms with Gasteiger partial charge >= 0.3 is 5.97 Å². The van der Waals surface area contributed by atoms with Gasteiger partial charge in [-0.15, -0.1) is 5.10 Å². The number of ether oxygens (including phenoxy) is 1. The van der Waals surface area contributed by atoms with Crippen LogP contribution < -0.4 is 0 Å². The summed E-state index contributed by atoms with van der Waals surface area (Å²) < 4.78 is 30.9. The molecule has 0 atom stereocenters. The molecule has 0 unspecified atom stereocenters. The van der Waals surface area contributed by atoms with E-state index >= 15 is 0 Å².